The number of benzene rings is 2. The molecule has 1 unspecified atom stereocenters. The first-order chi connectivity index (χ1) is 12.4. The van der Waals surface area contributed by atoms with Gasteiger partial charge in [-0.2, -0.15) is 0 Å². The van der Waals surface area contributed by atoms with Crippen molar-refractivity contribution in [2.24, 2.45) is 0 Å². The highest BCUT2D eigenvalue weighted by Crippen LogP contribution is 2.29. The second-order valence-electron chi connectivity index (χ2n) is 6.78. The Balaban J connectivity index is 1.63. The van der Waals surface area contributed by atoms with Crippen LogP contribution >= 0.6 is 0 Å². The van der Waals surface area contributed by atoms with Gasteiger partial charge < -0.3 is 5.32 Å². The van der Waals surface area contributed by atoms with Crippen LogP contribution in [0.3, 0.4) is 0 Å². The van der Waals surface area contributed by atoms with Gasteiger partial charge >= 0.3 is 0 Å². The van der Waals surface area contributed by atoms with Gasteiger partial charge in [0.05, 0.1) is 17.5 Å². The van der Waals surface area contributed by atoms with E-state index in [1.54, 1.807) is 18.2 Å². The highest BCUT2D eigenvalue weighted by Gasteiger charge is 2.22. The Kier molecular flexibility index (Phi) is 5.44. The van der Waals surface area contributed by atoms with Crippen LogP contribution in [0, 0.1) is 13.8 Å². The predicted octanol–water partition coefficient (Wildman–Crippen LogP) is 2.78. The summed E-state index contributed by atoms with van der Waals surface area (Å²) in [7, 11) is -3.71. The van der Waals surface area contributed by atoms with Crippen molar-refractivity contribution in [2.75, 3.05) is 6.54 Å². The van der Waals surface area contributed by atoms with Gasteiger partial charge in [0.2, 0.25) is 15.9 Å². The van der Waals surface area contributed by atoms with E-state index in [-0.39, 0.29) is 23.4 Å². The summed E-state index contributed by atoms with van der Waals surface area (Å²) in [6, 6.07) is 13.0. The van der Waals surface area contributed by atoms with E-state index in [9.17, 15) is 13.2 Å². The van der Waals surface area contributed by atoms with Crippen LogP contribution in [-0.2, 0) is 21.2 Å². The molecule has 1 atom stereocenters. The van der Waals surface area contributed by atoms with Crippen LogP contribution in [-0.4, -0.2) is 20.9 Å². The first-order valence-electron chi connectivity index (χ1n) is 8.81. The maximum Gasteiger partial charge on any atom is 0.241 e. The minimum Gasteiger partial charge on any atom is -0.348 e. The maximum absolute atomic E-state index is 12.4. The zero-order valence-corrected chi connectivity index (χ0v) is 15.9. The lowest BCUT2D eigenvalue weighted by atomic mass is 9.88. The zero-order chi connectivity index (χ0) is 18.7. The van der Waals surface area contributed by atoms with Crippen molar-refractivity contribution >= 4 is 15.9 Å². The molecule has 0 aliphatic heterocycles. The Morgan fingerprint density at radius 1 is 1.12 bits per heavy atom. The van der Waals surface area contributed by atoms with Crippen molar-refractivity contribution in [3.05, 3.63) is 64.7 Å². The Bertz CT molecular complexity index is 922. The minimum absolute atomic E-state index is 0.0569. The van der Waals surface area contributed by atoms with Crippen LogP contribution in [0.25, 0.3) is 0 Å². The summed E-state index contributed by atoms with van der Waals surface area (Å²) in [5, 5.41) is 2.95. The van der Waals surface area contributed by atoms with Gasteiger partial charge in [-0.1, -0.05) is 30.3 Å². The molecular formula is C20H24N2O3S. The molecule has 2 aromatic rings. The highest BCUT2D eigenvalue weighted by atomic mass is 32.2. The average molecular weight is 372 g/mol. The molecule has 2 aromatic carbocycles. The standard InChI is InChI=1S/C20H24N2O3S/c1-14-10-11-17(12-15(14)2)26(24,25)21-13-20(23)22-19-9-5-7-16-6-3-4-8-18(16)19/h3-4,6,8,10-12,19,21H,5,7,9,13H2,1-2H3,(H,22,23). The second kappa shape index (κ2) is 7.60. The summed E-state index contributed by atoms with van der Waals surface area (Å²) in [4.78, 5) is 12.5. The number of nitrogens with one attached hydrogen (secondary N) is 2. The molecule has 0 heterocycles. The zero-order valence-electron chi connectivity index (χ0n) is 15.1. The number of fused-ring (bicyclic) bond motifs is 1. The number of rotatable bonds is 5. The quantitative estimate of drug-likeness (QED) is 0.847. The van der Waals surface area contributed by atoms with E-state index in [0.29, 0.717) is 0 Å². The Morgan fingerprint density at radius 3 is 2.65 bits per heavy atom. The van der Waals surface area contributed by atoms with Gasteiger partial charge in [-0.25, -0.2) is 13.1 Å². The predicted molar refractivity (Wildman–Crippen MR) is 101 cm³/mol. The van der Waals surface area contributed by atoms with Gasteiger partial charge in [0, 0.05) is 0 Å². The number of sulfonamides is 1. The molecule has 138 valence electrons. The molecule has 1 aliphatic carbocycles. The average Bonchev–Trinajstić information content (AvgIpc) is 2.63. The van der Waals surface area contributed by atoms with Crippen LogP contribution < -0.4 is 10.0 Å². The third kappa shape index (κ3) is 4.14. The minimum atomic E-state index is -3.71. The molecule has 2 N–H and O–H groups in total. The lowest BCUT2D eigenvalue weighted by molar-refractivity contribution is -0.120. The number of amides is 1. The van der Waals surface area contributed by atoms with Crippen LogP contribution in [0.4, 0.5) is 0 Å². The Hall–Kier alpha value is -2.18. The number of hydrogen-bond acceptors (Lipinski definition) is 3. The molecule has 0 bridgehead atoms. The van der Waals surface area contributed by atoms with Crippen LogP contribution in [0.1, 0.15) is 41.1 Å². The van der Waals surface area contributed by atoms with Crippen molar-refractivity contribution in [1.82, 2.24) is 10.0 Å². The topological polar surface area (TPSA) is 75.3 Å². The summed E-state index contributed by atoms with van der Waals surface area (Å²) in [5.41, 5.74) is 4.30. The highest BCUT2D eigenvalue weighted by molar-refractivity contribution is 7.89. The van der Waals surface area contributed by atoms with E-state index >= 15 is 0 Å². The molecule has 0 saturated heterocycles. The molecule has 1 amide bonds. The molecule has 0 fully saturated rings. The van der Waals surface area contributed by atoms with Crippen molar-refractivity contribution in [2.45, 2.75) is 44.0 Å². The molecule has 1 aliphatic rings. The summed E-state index contributed by atoms with van der Waals surface area (Å²) in [6.07, 6.45) is 2.89. The maximum atomic E-state index is 12.4. The summed E-state index contributed by atoms with van der Waals surface area (Å²) in [6.45, 7) is 3.52. The Labute approximate surface area is 154 Å². The van der Waals surface area contributed by atoms with E-state index in [1.165, 1.54) is 5.56 Å². The van der Waals surface area contributed by atoms with Crippen molar-refractivity contribution in [3.8, 4) is 0 Å². The van der Waals surface area contributed by atoms with Gasteiger partial charge in [0.1, 0.15) is 0 Å². The molecule has 3 rings (SSSR count). The van der Waals surface area contributed by atoms with E-state index in [0.717, 1.165) is 36.0 Å². The number of aryl methyl sites for hydroxylation is 3. The van der Waals surface area contributed by atoms with E-state index < -0.39 is 10.0 Å². The second-order valence-corrected chi connectivity index (χ2v) is 8.55. The third-order valence-electron chi connectivity index (χ3n) is 4.92. The molecule has 26 heavy (non-hydrogen) atoms. The Morgan fingerprint density at radius 2 is 1.88 bits per heavy atom. The third-order valence-corrected chi connectivity index (χ3v) is 6.31. The normalized spacial score (nSPS) is 16.8. The van der Waals surface area contributed by atoms with Gasteiger partial charge in [-0.3, -0.25) is 4.79 Å². The fraction of sp³-hybridized carbons (Fsp3) is 0.350. The van der Waals surface area contributed by atoms with Crippen LogP contribution in [0.2, 0.25) is 0 Å². The molecule has 0 radical (unpaired) electrons. The number of hydrogen-bond donors (Lipinski definition) is 2. The number of carbonyl (C=O) groups excluding carboxylic acids is 1. The van der Waals surface area contributed by atoms with Crippen LogP contribution in [0.5, 0.6) is 0 Å². The molecule has 6 heteroatoms. The summed E-state index contributed by atoms with van der Waals surface area (Å²) in [5.74, 6) is -0.320. The van der Waals surface area contributed by atoms with Crippen molar-refractivity contribution in [3.63, 3.8) is 0 Å². The largest absolute Gasteiger partial charge is 0.348 e. The molecule has 0 aromatic heterocycles. The van der Waals surface area contributed by atoms with Gasteiger partial charge in [0.15, 0.2) is 0 Å². The fourth-order valence-corrected chi connectivity index (χ4v) is 4.34. The summed E-state index contributed by atoms with van der Waals surface area (Å²) >= 11 is 0. The van der Waals surface area contributed by atoms with Crippen molar-refractivity contribution in [1.29, 1.82) is 0 Å². The monoisotopic (exact) mass is 372 g/mol. The molecular weight excluding hydrogens is 348 g/mol. The van der Waals surface area contributed by atoms with Gasteiger partial charge in [0.25, 0.3) is 0 Å². The SMILES string of the molecule is Cc1ccc(S(=O)(=O)NCC(=O)NC2CCCc3ccccc32)cc1C. The van der Waals surface area contributed by atoms with E-state index in [4.69, 9.17) is 0 Å². The lowest BCUT2D eigenvalue weighted by Crippen LogP contribution is -2.39. The van der Waals surface area contributed by atoms with Crippen molar-refractivity contribution < 1.29 is 13.2 Å². The number of carbonyl (C=O) groups is 1. The first-order valence-corrected chi connectivity index (χ1v) is 10.3. The first kappa shape index (κ1) is 18.6. The van der Waals surface area contributed by atoms with E-state index in [1.807, 2.05) is 32.0 Å². The molecule has 0 saturated carbocycles. The molecule has 0 spiro atoms. The summed E-state index contributed by atoms with van der Waals surface area (Å²) < 4.78 is 27.2. The lowest BCUT2D eigenvalue weighted by Gasteiger charge is -2.26. The van der Waals surface area contributed by atoms with Gasteiger partial charge in [-0.05, 0) is 67.5 Å². The molecule has 5 nitrogen and oxygen atoms in total. The fourth-order valence-electron chi connectivity index (χ4n) is 3.27. The van der Waals surface area contributed by atoms with Gasteiger partial charge in [-0.15, -0.1) is 0 Å². The smallest absolute Gasteiger partial charge is 0.241 e. The van der Waals surface area contributed by atoms with Crippen LogP contribution in [0.15, 0.2) is 47.4 Å². The van der Waals surface area contributed by atoms with E-state index in [2.05, 4.69) is 16.1 Å².